The van der Waals surface area contributed by atoms with Crippen LogP contribution in [0.3, 0.4) is 0 Å². The van der Waals surface area contributed by atoms with Crippen LogP contribution in [0.5, 0.6) is 0 Å². The van der Waals surface area contributed by atoms with Crippen molar-refractivity contribution >= 4 is 15.7 Å². The molecule has 0 atom stereocenters. The molecular formula is C15H19FN2O3S. The first kappa shape index (κ1) is 16.5. The standard InChI is InChI=1S/C15H19FN2O3S/c1-15(2,3)14-9-11(17-21-14)10-18(22(4,19)20)13-8-6-5-7-12(13)16/h5-9H,10H2,1-4H3. The molecule has 0 amide bonds. The third-order valence-corrected chi connectivity index (χ3v) is 4.25. The van der Waals surface area contributed by atoms with E-state index in [9.17, 15) is 12.8 Å². The molecule has 0 radical (unpaired) electrons. The van der Waals surface area contributed by atoms with Crippen LogP contribution in [-0.4, -0.2) is 19.8 Å². The molecule has 5 nitrogen and oxygen atoms in total. The van der Waals surface area contributed by atoms with Crippen LogP contribution in [-0.2, 0) is 22.0 Å². The van der Waals surface area contributed by atoms with Gasteiger partial charge in [0, 0.05) is 11.5 Å². The second-order valence-electron chi connectivity index (χ2n) is 6.15. The lowest BCUT2D eigenvalue weighted by atomic mass is 9.93. The monoisotopic (exact) mass is 326 g/mol. The van der Waals surface area contributed by atoms with Gasteiger partial charge in [0.2, 0.25) is 10.0 Å². The predicted molar refractivity (Wildman–Crippen MR) is 82.6 cm³/mol. The topological polar surface area (TPSA) is 63.4 Å². The fourth-order valence-corrected chi connectivity index (χ4v) is 2.79. The number of halogens is 1. The average Bonchev–Trinajstić information content (AvgIpc) is 2.84. The zero-order valence-corrected chi connectivity index (χ0v) is 13.8. The highest BCUT2D eigenvalue weighted by molar-refractivity contribution is 7.92. The molecule has 22 heavy (non-hydrogen) atoms. The fourth-order valence-electron chi connectivity index (χ4n) is 1.92. The Labute approximate surface area is 129 Å². The van der Waals surface area contributed by atoms with E-state index in [0.29, 0.717) is 11.5 Å². The van der Waals surface area contributed by atoms with Gasteiger partial charge in [0.05, 0.1) is 18.5 Å². The van der Waals surface area contributed by atoms with Crippen molar-refractivity contribution in [2.24, 2.45) is 0 Å². The minimum Gasteiger partial charge on any atom is -0.361 e. The summed E-state index contributed by atoms with van der Waals surface area (Å²) in [6.07, 6.45) is 1.03. The Hall–Kier alpha value is -1.89. The third-order valence-electron chi connectivity index (χ3n) is 3.13. The SMILES string of the molecule is CC(C)(C)c1cc(CN(c2ccccc2F)S(C)(=O)=O)no1. The molecule has 1 heterocycles. The molecule has 1 aromatic carbocycles. The van der Waals surface area contributed by atoms with Gasteiger partial charge in [-0.1, -0.05) is 38.1 Å². The maximum absolute atomic E-state index is 13.9. The predicted octanol–water partition coefficient (Wildman–Crippen LogP) is 3.08. The van der Waals surface area contributed by atoms with E-state index in [1.807, 2.05) is 20.8 Å². The molecule has 2 rings (SSSR count). The maximum atomic E-state index is 13.9. The van der Waals surface area contributed by atoms with Crippen molar-refractivity contribution in [1.29, 1.82) is 0 Å². The maximum Gasteiger partial charge on any atom is 0.232 e. The minimum atomic E-state index is -3.65. The Morgan fingerprint density at radius 1 is 1.27 bits per heavy atom. The lowest BCUT2D eigenvalue weighted by Gasteiger charge is -2.21. The summed E-state index contributed by atoms with van der Waals surface area (Å²) in [7, 11) is -3.65. The van der Waals surface area contributed by atoms with E-state index in [4.69, 9.17) is 4.52 Å². The number of rotatable bonds is 4. The first-order chi connectivity index (χ1) is 10.1. The Bertz CT molecular complexity index is 763. The summed E-state index contributed by atoms with van der Waals surface area (Å²) in [5, 5.41) is 3.89. The van der Waals surface area contributed by atoms with Crippen LogP contribution < -0.4 is 4.31 Å². The molecule has 7 heteroatoms. The van der Waals surface area contributed by atoms with Gasteiger partial charge in [-0.2, -0.15) is 0 Å². The molecular weight excluding hydrogens is 307 g/mol. The van der Waals surface area contributed by atoms with Crippen molar-refractivity contribution in [3.63, 3.8) is 0 Å². The van der Waals surface area contributed by atoms with Crippen molar-refractivity contribution in [3.05, 3.63) is 47.6 Å². The first-order valence-electron chi connectivity index (χ1n) is 6.77. The van der Waals surface area contributed by atoms with Gasteiger partial charge in [-0.3, -0.25) is 4.31 Å². The number of para-hydroxylation sites is 1. The zero-order valence-electron chi connectivity index (χ0n) is 13.0. The van der Waals surface area contributed by atoms with Gasteiger partial charge in [0.15, 0.2) is 0 Å². The smallest absolute Gasteiger partial charge is 0.232 e. The van der Waals surface area contributed by atoms with Crippen LogP contribution in [0.4, 0.5) is 10.1 Å². The van der Waals surface area contributed by atoms with Crippen molar-refractivity contribution in [2.75, 3.05) is 10.6 Å². The lowest BCUT2D eigenvalue weighted by Crippen LogP contribution is -2.30. The lowest BCUT2D eigenvalue weighted by molar-refractivity contribution is 0.326. The molecule has 120 valence electrons. The Kier molecular flexibility index (Phi) is 4.28. The summed E-state index contributed by atoms with van der Waals surface area (Å²) in [6, 6.07) is 7.42. The van der Waals surface area contributed by atoms with Gasteiger partial charge in [-0.25, -0.2) is 12.8 Å². The van der Waals surface area contributed by atoms with Crippen LogP contribution in [0.2, 0.25) is 0 Å². The normalized spacial score (nSPS) is 12.4. The average molecular weight is 326 g/mol. The molecule has 0 bridgehead atoms. The molecule has 0 aliphatic heterocycles. The van der Waals surface area contributed by atoms with E-state index in [1.165, 1.54) is 18.2 Å². The molecule has 2 aromatic rings. The van der Waals surface area contributed by atoms with Gasteiger partial charge in [-0.15, -0.1) is 0 Å². The molecule has 0 aliphatic rings. The number of anilines is 1. The van der Waals surface area contributed by atoms with Crippen molar-refractivity contribution < 1.29 is 17.3 Å². The molecule has 1 aromatic heterocycles. The highest BCUT2D eigenvalue weighted by atomic mass is 32.2. The summed E-state index contributed by atoms with van der Waals surface area (Å²) >= 11 is 0. The molecule has 0 aliphatic carbocycles. The highest BCUT2D eigenvalue weighted by Gasteiger charge is 2.24. The van der Waals surface area contributed by atoms with E-state index < -0.39 is 15.8 Å². The summed E-state index contributed by atoms with van der Waals surface area (Å²) in [4.78, 5) is 0. The number of sulfonamides is 1. The van der Waals surface area contributed by atoms with Crippen molar-refractivity contribution in [2.45, 2.75) is 32.7 Å². The number of hydrogen-bond acceptors (Lipinski definition) is 4. The summed E-state index contributed by atoms with van der Waals surface area (Å²) in [5.41, 5.74) is 0.183. The van der Waals surface area contributed by atoms with Gasteiger partial charge >= 0.3 is 0 Å². The molecule has 0 fully saturated rings. The first-order valence-corrected chi connectivity index (χ1v) is 8.62. The molecule has 0 unspecified atom stereocenters. The van der Waals surface area contributed by atoms with Crippen molar-refractivity contribution in [1.82, 2.24) is 5.16 Å². The second-order valence-corrected chi connectivity index (χ2v) is 8.06. The zero-order chi connectivity index (χ0) is 16.5. The number of aromatic nitrogens is 1. The quantitative estimate of drug-likeness (QED) is 0.866. The highest BCUT2D eigenvalue weighted by Crippen LogP contribution is 2.26. The Balaban J connectivity index is 2.37. The summed E-state index contributed by atoms with van der Waals surface area (Å²) < 4.78 is 44.1. The second kappa shape index (κ2) is 5.72. The van der Waals surface area contributed by atoms with Crippen LogP contribution >= 0.6 is 0 Å². The Morgan fingerprint density at radius 2 is 1.91 bits per heavy atom. The molecule has 0 spiro atoms. The summed E-state index contributed by atoms with van der Waals surface area (Å²) in [6.45, 7) is 5.80. The summed E-state index contributed by atoms with van der Waals surface area (Å²) in [5.74, 6) is 0.0388. The number of hydrogen-bond donors (Lipinski definition) is 0. The van der Waals surface area contributed by atoms with Gasteiger partial charge < -0.3 is 4.52 Å². The van der Waals surface area contributed by atoms with E-state index in [2.05, 4.69) is 5.16 Å². The van der Waals surface area contributed by atoms with Crippen LogP contribution in [0.1, 0.15) is 32.2 Å². The van der Waals surface area contributed by atoms with E-state index in [0.717, 1.165) is 10.6 Å². The van der Waals surface area contributed by atoms with E-state index >= 15 is 0 Å². The van der Waals surface area contributed by atoms with Crippen molar-refractivity contribution in [3.8, 4) is 0 Å². The fraction of sp³-hybridized carbons (Fsp3) is 0.400. The third kappa shape index (κ3) is 3.65. The largest absolute Gasteiger partial charge is 0.361 e. The van der Waals surface area contributed by atoms with Crippen LogP contribution in [0.25, 0.3) is 0 Å². The van der Waals surface area contributed by atoms with Crippen LogP contribution in [0.15, 0.2) is 34.9 Å². The van der Waals surface area contributed by atoms with E-state index in [1.54, 1.807) is 12.1 Å². The molecule has 0 saturated carbocycles. The number of nitrogens with zero attached hydrogens (tertiary/aromatic N) is 2. The van der Waals surface area contributed by atoms with Gasteiger partial charge in [-0.05, 0) is 12.1 Å². The van der Waals surface area contributed by atoms with Crippen LogP contribution in [0, 0.1) is 5.82 Å². The molecule has 0 saturated heterocycles. The van der Waals surface area contributed by atoms with Gasteiger partial charge in [0.25, 0.3) is 0 Å². The van der Waals surface area contributed by atoms with Gasteiger partial charge in [0.1, 0.15) is 17.3 Å². The number of benzene rings is 1. The minimum absolute atomic E-state index is 0.00897. The molecule has 0 N–H and O–H groups in total. The van der Waals surface area contributed by atoms with E-state index in [-0.39, 0.29) is 17.6 Å². The Morgan fingerprint density at radius 3 is 2.41 bits per heavy atom.